The van der Waals surface area contributed by atoms with Gasteiger partial charge < -0.3 is 4.74 Å². The summed E-state index contributed by atoms with van der Waals surface area (Å²) in [6.07, 6.45) is 3.94. The van der Waals surface area contributed by atoms with Gasteiger partial charge in [0.2, 0.25) is 0 Å². The van der Waals surface area contributed by atoms with Crippen LogP contribution in [0.2, 0.25) is 0 Å². The zero-order valence-corrected chi connectivity index (χ0v) is 8.49. The van der Waals surface area contributed by atoms with Crippen LogP contribution >= 0.6 is 0 Å². The summed E-state index contributed by atoms with van der Waals surface area (Å²) >= 11 is 0. The number of hydrogen-bond donors (Lipinski definition) is 0. The standard InChI is InChI=1S/C12H14O2/c1-3-5-10-6-8-11(9-7-10)12(13)14-4-2/h3,5-9H,4H2,1-2H3/b5-3+. The van der Waals surface area contributed by atoms with E-state index in [1.165, 1.54) is 0 Å². The van der Waals surface area contributed by atoms with E-state index in [4.69, 9.17) is 4.74 Å². The molecular formula is C12H14O2. The van der Waals surface area contributed by atoms with Gasteiger partial charge in [0.25, 0.3) is 0 Å². The normalized spacial score (nSPS) is 10.4. The third kappa shape index (κ3) is 2.73. The minimum atomic E-state index is -0.264. The van der Waals surface area contributed by atoms with Crippen LogP contribution in [0.4, 0.5) is 0 Å². The predicted molar refractivity (Wildman–Crippen MR) is 57.1 cm³/mol. The Bertz CT molecular complexity index is 323. The van der Waals surface area contributed by atoms with E-state index in [1.54, 1.807) is 19.1 Å². The fourth-order valence-electron chi connectivity index (χ4n) is 1.14. The van der Waals surface area contributed by atoms with Crippen molar-refractivity contribution in [2.24, 2.45) is 0 Å². The summed E-state index contributed by atoms with van der Waals surface area (Å²) in [5.74, 6) is -0.264. The number of carbonyl (C=O) groups excluding carboxylic acids is 1. The van der Waals surface area contributed by atoms with Crippen molar-refractivity contribution in [3.63, 3.8) is 0 Å². The largest absolute Gasteiger partial charge is 0.462 e. The Kier molecular flexibility index (Phi) is 3.92. The van der Waals surface area contributed by atoms with Gasteiger partial charge in [-0.1, -0.05) is 24.3 Å². The van der Waals surface area contributed by atoms with Crippen LogP contribution in [0.1, 0.15) is 29.8 Å². The molecule has 0 heterocycles. The average Bonchev–Trinajstić information content (AvgIpc) is 2.20. The zero-order valence-electron chi connectivity index (χ0n) is 8.49. The maximum atomic E-state index is 11.3. The molecule has 2 nitrogen and oxygen atoms in total. The monoisotopic (exact) mass is 190 g/mol. The molecule has 1 aromatic carbocycles. The first kappa shape index (κ1) is 10.5. The van der Waals surface area contributed by atoms with Crippen molar-refractivity contribution >= 4 is 12.0 Å². The molecular weight excluding hydrogens is 176 g/mol. The summed E-state index contributed by atoms with van der Waals surface area (Å²) in [5, 5.41) is 0. The van der Waals surface area contributed by atoms with Crippen LogP contribution in [0.3, 0.4) is 0 Å². The molecule has 0 atom stereocenters. The minimum absolute atomic E-state index is 0.264. The maximum absolute atomic E-state index is 11.3. The van der Waals surface area contributed by atoms with Crippen LogP contribution in [-0.2, 0) is 4.74 Å². The van der Waals surface area contributed by atoms with Gasteiger partial charge in [-0.3, -0.25) is 0 Å². The van der Waals surface area contributed by atoms with Gasteiger partial charge in [-0.25, -0.2) is 4.79 Å². The van der Waals surface area contributed by atoms with Gasteiger partial charge >= 0.3 is 5.97 Å². The van der Waals surface area contributed by atoms with Crippen LogP contribution in [0.5, 0.6) is 0 Å². The summed E-state index contributed by atoms with van der Waals surface area (Å²) in [7, 11) is 0. The Morgan fingerprint density at radius 3 is 2.50 bits per heavy atom. The first-order valence-corrected chi connectivity index (χ1v) is 4.67. The van der Waals surface area contributed by atoms with Crippen molar-refractivity contribution in [2.45, 2.75) is 13.8 Å². The maximum Gasteiger partial charge on any atom is 0.338 e. The first-order chi connectivity index (χ1) is 6.77. The Morgan fingerprint density at radius 2 is 2.00 bits per heavy atom. The number of benzene rings is 1. The SMILES string of the molecule is C/C=C/c1ccc(C(=O)OCC)cc1. The summed E-state index contributed by atoms with van der Waals surface area (Å²) in [4.78, 5) is 11.3. The molecule has 0 amide bonds. The lowest BCUT2D eigenvalue weighted by Crippen LogP contribution is -2.03. The smallest absolute Gasteiger partial charge is 0.338 e. The highest BCUT2D eigenvalue weighted by molar-refractivity contribution is 5.89. The van der Waals surface area contributed by atoms with Crippen LogP contribution in [-0.4, -0.2) is 12.6 Å². The van der Waals surface area contributed by atoms with Gasteiger partial charge in [-0.2, -0.15) is 0 Å². The second kappa shape index (κ2) is 5.22. The number of hydrogen-bond acceptors (Lipinski definition) is 2. The van der Waals surface area contributed by atoms with Crippen molar-refractivity contribution in [3.8, 4) is 0 Å². The van der Waals surface area contributed by atoms with Gasteiger partial charge in [0.15, 0.2) is 0 Å². The highest BCUT2D eigenvalue weighted by atomic mass is 16.5. The summed E-state index contributed by atoms with van der Waals surface area (Å²) in [5.41, 5.74) is 1.68. The lowest BCUT2D eigenvalue weighted by atomic mass is 10.1. The number of carbonyl (C=O) groups is 1. The van der Waals surface area contributed by atoms with E-state index in [0.717, 1.165) is 5.56 Å². The van der Waals surface area contributed by atoms with Gasteiger partial charge in [-0.05, 0) is 31.5 Å². The van der Waals surface area contributed by atoms with Crippen molar-refractivity contribution in [1.29, 1.82) is 0 Å². The second-order valence-electron chi connectivity index (χ2n) is 2.84. The molecule has 0 radical (unpaired) electrons. The van der Waals surface area contributed by atoms with Crippen LogP contribution in [0, 0.1) is 0 Å². The molecule has 0 unspecified atom stereocenters. The molecule has 0 bridgehead atoms. The van der Waals surface area contributed by atoms with E-state index in [2.05, 4.69) is 0 Å². The summed E-state index contributed by atoms with van der Waals surface area (Å²) in [6.45, 7) is 4.17. The van der Waals surface area contributed by atoms with Crippen molar-refractivity contribution in [1.82, 2.24) is 0 Å². The van der Waals surface area contributed by atoms with Crippen molar-refractivity contribution < 1.29 is 9.53 Å². The highest BCUT2D eigenvalue weighted by Crippen LogP contribution is 2.07. The molecule has 0 aliphatic rings. The third-order valence-corrected chi connectivity index (χ3v) is 1.78. The molecule has 0 aromatic heterocycles. The Morgan fingerprint density at radius 1 is 1.36 bits per heavy atom. The van der Waals surface area contributed by atoms with Crippen LogP contribution in [0.15, 0.2) is 30.3 Å². The zero-order chi connectivity index (χ0) is 10.4. The molecule has 1 aromatic rings. The molecule has 0 saturated carbocycles. The second-order valence-corrected chi connectivity index (χ2v) is 2.84. The number of ether oxygens (including phenoxy) is 1. The molecule has 0 spiro atoms. The number of allylic oxidation sites excluding steroid dienone is 1. The van der Waals surface area contributed by atoms with Crippen LogP contribution < -0.4 is 0 Å². The fourth-order valence-corrected chi connectivity index (χ4v) is 1.14. The van der Waals surface area contributed by atoms with Crippen LogP contribution in [0.25, 0.3) is 6.08 Å². The van der Waals surface area contributed by atoms with Gasteiger partial charge in [-0.15, -0.1) is 0 Å². The van der Waals surface area contributed by atoms with E-state index < -0.39 is 0 Å². The Balaban J connectivity index is 2.77. The number of rotatable bonds is 3. The molecule has 0 fully saturated rings. The Labute approximate surface area is 84.2 Å². The van der Waals surface area contributed by atoms with E-state index in [0.29, 0.717) is 12.2 Å². The lowest BCUT2D eigenvalue weighted by molar-refractivity contribution is 0.0526. The molecule has 0 saturated heterocycles. The molecule has 0 aliphatic carbocycles. The quantitative estimate of drug-likeness (QED) is 0.685. The summed E-state index contributed by atoms with van der Waals surface area (Å²) in [6, 6.07) is 7.33. The third-order valence-electron chi connectivity index (χ3n) is 1.78. The van der Waals surface area contributed by atoms with Gasteiger partial charge in [0.05, 0.1) is 12.2 Å². The van der Waals surface area contributed by atoms with Gasteiger partial charge in [0.1, 0.15) is 0 Å². The number of esters is 1. The van der Waals surface area contributed by atoms with Gasteiger partial charge in [0, 0.05) is 0 Å². The molecule has 74 valence electrons. The lowest BCUT2D eigenvalue weighted by Gasteiger charge is -2.01. The summed E-state index contributed by atoms with van der Waals surface area (Å²) < 4.78 is 4.87. The fraction of sp³-hybridized carbons (Fsp3) is 0.250. The minimum Gasteiger partial charge on any atom is -0.462 e. The van der Waals surface area contributed by atoms with E-state index >= 15 is 0 Å². The average molecular weight is 190 g/mol. The van der Waals surface area contributed by atoms with E-state index in [-0.39, 0.29) is 5.97 Å². The van der Waals surface area contributed by atoms with Crippen molar-refractivity contribution in [2.75, 3.05) is 6.61 Å². The van der Waals surface area contributed by atoms with E-state index in [1.807, 2.05) is 31.2 Å². The topological polar surface area (TPSA) is 26.3 Å². The highest BCUT2D eigenvalue weighted by Gasteiger charge is 2.04. The first-order valence-electron chi connectivity index (χ1n) is 4.67. The molecule has 0 aliphatic heterocycles. The molecule has 1 rings (SSSR count). The molecule has 14 heavy (non-hydrogen) atoms. The molecule has 0 N–H and O–H groups in total. The Hall–Kier alpha value is -1.57. The predicted octanol–water partition coefficient (Wildman–Crippen LogP) is 2.90. The molecule has 2 heteroatoms. The van der Waals surface area contributed by atoms with E-state index in [9.17, 15) is 4.79 Å². The van der Waals surface area contributed by atoms with Crippen molar-refractivity contribution in [3.05, 3.63) is 41.5 Å².